The fourth-order valence-corrected chi connectivity index (χ4v) is 6.12. The third-order valence-corrected chi connectivity index (χ3v) is 9.44. The Kier molecular flexibility index (Phi) is 37.7. The summed E-state index contributed by atoms with van der Waals surface area (Å²) in [6.07, 6.45) is 52.1. The first-order valence-corrected chi connectivity index (χ1v) is 22.2. The number of unbranched alkanes of at least 4 members (excludes halogenated alkanes) is 13. The summed E-state index contributed by atoms with van der Waals surface area (Å²) < 4.78 is 22.1. The molecule has 1 amide bonds. The number of nitrogens with one attached hydrogen (secondary N) is 1. The summed E-state index contributed by atoms with van der Waals surface area (Å²) in [5.41, 5.74) is 5.36. The van der Waals surface area contributed by atoms with E-state index < -0.39 is 20.0 Å². The molecule has 0 spiro atoms. The van der Waals surface area contributed by atoms with Crippen molar-refractivity contribution in [3.63, 3.8) is 0 Å². The Bertz CT molecular complexity index is 1100. The first-order valence-electron chi connectivity index (χ1n) is 20.7. The van der Waals surface area contributed by atoms with E-state index in [-0.39, 0.29) is 32.1 Å². The average molecular weight is 761 g/mol. The fraction of sp³-hybridized carbons (Fsp3) is 0.659. The molecule has 53 heavy (non-hydrogen) atoms. The van der Waals surface area contributed by atoms with E-state index in [1.54, 1.807) is 6.08 Å². The van der Waals surface area contributed by atoms with Gasteiger partial charge in [0.2, 0.25) is 5.91 Å². The van der Waals surface area contributed by atoms with Gasteiger partial charge < -0.3 is 21.1 Å². The molecule has 0 aromatic heterocycles. The zero-order valence-electron chi connectivity index (χ0n) is 33.5. The van der Waals surface area contributed by atoms with Crippen molar-refractivity contribution in [3.8, 4) is 0 Å². The minimum Gasteiger partial charge on any atom is -0.387 e. The third kappa shape index (κ3) is 37.8. The summed E-state index contributed by atoms with van der Waals surface area (Å²) in [5, 5.41) is 13.6. The van der Waals surface area contributed by atoms with E-state index in [0.29, 0.717) is 6.42 Å². The quantitative estimate of drug-likeness (QED) is 0.0282. The van der Waals surface area contributed by atoms with Gasteiger partial charge in [-0.1, -0.05) is 163 Å². The molecule has 0 heterocycles. The number of amides is 1. The van der Waals surface area contributed by atoms with Gasteiger partial charge in [0.25, 0.3) is 0 Å². The summed E-state index contributed by atoms with van der Waals surface area (Å²) in [6.45, 7) is 3.93. The lowest BCUT2D eigenvalue weighted by atomic mass is 10.1. The molecular weight excluding hydrogens is 683 g/mol. The molecule has 0 aliphatic heterocycles. The standard InChI is InChI=1S/C44H77N2O6P/c1-3-5-7-9-11-13-15-17-19-21-23-25-27-29-31-33-35-37-43(47)42(41-52-53(49,50)51-40-39-45)46-44(48)38-36-34-32-30-28-26-24-22-20-18-16-14-12-10-8-6-4-2/h6,8,12,14,18,20,24,26-27,29-30,32,35,37,42-43,47H,3-5,7,9-11,13,15-17,19,21-23,25,28,31,33-34,36,38-41,45H2,1-2H3,(H,46,48)(H,49,50)/b8-6-,14-12-,20-18-,26-24-,29-27+,32-30-,37-35+. The van der Waals surface area contributed by atoms with E-state index in [2.05, 4.69) is 92.1 Å². The van der Waals surface area contributed by atoms with Crippen LogP contribution in [0.5, 0.6) is 0 Å². The highest BCUT2D eigenvalue weighted by atomic mass is 31.2. The molecule has 0 aliphatic carbocycles. The molecule has 0 radical (unpaired) electrons. The van der Waals surface area contributed by atoms with E-state index in [9.17, 15) is 19.4 Å². The molecule has 9 heteroatoms. The van der Waals surface area contributed by atoms with Crippen LogP contribution in [0.25, 0.3) is 0 Å². The molecule has 8 nitrogen and oxygen atoms in total. The molecule has 0 saturated heterocycles. The van der Waals surface area contributed by atoms with Gasteiger partial charge in [0.05, 0.1) is 25.4 Å². The summed E-state index contributed by atoms with van der Waals surface area (Å²) in [4.78, 5) is 22.6. The van der Waals surface area contributed by atoms with Gasteiger partial charge in [-0.15, -0.1) is 0 Å². The lowest BCUT2D eigenvalue weighted by Crippen LogP contribution is -2.45. The number of allylic oxidation sites excluding steroid dienone is 13. The molecule has 0 saturated carbocycles. The molecule has 3 atom stereocenters. The predicted molar refractivity (Wildman–Crippen MR) is 226 cm³/mol. The van der Waals surface area contributed by atoms with Crippen LogP contribution in [-0.2, 0) is 18.4 Å². The van der Waals surface area contributed by atoms with E-state index in [0.717, 1.165) is 57.8 Å². The number of aliphatic hydroxyl groups excluding tert-OH is 1. The summed E-state index contributed by atoms with van der Waals surface area (Å²) >= 11 is 0. The highest BCUT2D eigenvalue weighted by Crippen LogP contribution is 2.43. The van der Waals surface area contributed by atoms with Crippen molar-refractivity contribution in [2.45, 2.75) is 167 Å². The van der Waals surface area contributed by atoms with E-state index in [4.69, 9.17) is 14.8 Å². The predicted octanol–water partition coefficient (Wildman–Crippen LogP) is 11.4. The normalized spacial score (nSPS) is 15.0. The number of hydrogen-bond donors (Lipinski definition) is 4. The largest absolute Gasteiger partial charge is 0.472 e. The van der Waals surface area contributed by atoms with Crippen LogP contribution >= 0.6 is 7.82 Å². The second kappa shape index (κ2) is 39.4. The second-order valence-electron chi connectivity index (χ2n) is 13.5. The molecule has 0 bridgehead atoms. The zero-order chi connectivity index (χ0) is 38.9. The number of carbonyl (C=O) groups is 1. The zero-order valence-corrected chi connectivity index (χ0v) is 34.4. The number of carbonyl (C=O) groups excluding carboxylic acids is 1. The van der Waals surface area contributed by atoms with Gasteiger partial charge in [-0.3, -0.25) is 13.8 Å². The van der Waals surface area contributed by atoms with Gasteiger partial charge >= 0.3 is 7.82 Å². The first-order chi connectivity index (χ1) is 25.9. The number of phosphoric ester groups is 1. The van der Waals surface area contributed by atoms with Crippen LogP contribution in [0, 0.1) is 0 Å². The monoisotopic (exact) mass is 761 g/mol. The van der Waals surface area contributed by atoms with Crippen molar-refractivity contribution in [1.82, 2.24) is 5.32 Å². The Hall–Kier alpha value is -2.32. The number of nitrogens with two attached hydrogens (primary N) is 1. The minimum absolute atomic E-state index is 0.0606. The van der Waals surface area contributed by atoms with Gasteiger partial charge in [0, 0.05) is 13.0 Å². The van der Waals surface area contributed by atoms with Gasteiger partial charge in [-0.2, -0.15) is 0 Å². The highest BCUT2D eigenvalue weighted by Gasteiger charge is 2.26. The van der Waals surface area contributed by atoms with Gasteiger partial charge in [0.15, 0.2) is 0 Å². The minimum atomic E-state index is -4.37. The van der Waals surface area contributed by atoms with Crippen LogP contribution in [0.4, 0.5) is 0 Å². The Morgan fingerprint density at radius 3 is 1.68 bits per heavy atom. The van der Waals surface area contributed by atoms with Crippen LogP contribution in [0.3, 0.4) is 0 Å². The van der Waals surface area contributed by atoms with Gasteiger partial charge in [-0.05, 0) is 70.6 Å². The van der Waals surface area contributed by atoms with Crippen molar-refractivity contribution in [2.75, 3.05) is 19.8 Å². The topological polar surface area (TPSA) is 131 Å². The van der Waals surface area contributed by atoms with Crippen LogP contribution in [0.2, 0.25) is 0 Å². The van der Waals surface area contributed by atoms with Crippen molar-refractivity contribution in [3.05, 3.63) is 85.1 Å². The molecule has 0 aromatic carbocycles. The maximum atomic E-state index is 12.7. The van der Waals surface area contributed by atoms with Crippen molar-refractivity contribution < 1.29 is 28.4 Å². The molecule has 3 unspecified atom stereocenters. The maximum absolute atomic E-state index is 12.7. The lowest BCUT2D eigenvalue weighted by Gasteiger charge is -2.23. The van der Waals surface area contributed by atoms with Crippen molar-refractivity contribution in [1.29, 1.82) is 0 Å². The number of phosphoric acid groups is 1. The van der Waals surface area contributed by atoms with Gasteiger partial charge in [-0.25, -0.2) is 4.57 Å². The van der Waals surface area contributed by atoms with E-state index >= 15 is 0 Å². The molecule has 0 rings (SSSR count). The molecule has 5 N–H and O–H groups in total. The van der Waals surface area contributed by atoms with Crippen LogP contribution < -0.4 is 11.1 Å². The van der Waals surface area contributed by atoms with Crippen molar-refractivity contribution in [2.24, 2.45) is 5.73 Å². The van der Waals surface area contributed by atoms with Crippen LogP contribution in [0.1, 0.15) is 155 Å². The molecular formula is C44H77N2O6P. The first kappa shape index (κ1) is 50.7. The summed E-state index contributed by atoms with van der Waals surface area (Å²) in [5.74, 6) is -0.264. The number of rotatable bonds is 37. The lowest BCUT2D eigenvalue weighted by molar-refractivity contribution is -0.122. The number of aliphatic hydroxyl groups is 1. The smallest absolute Gasteiger partial charge is 0.387 e. The average Bonchev–Trinajstić information content (AvgIpc) is 3.14. The van der Waals surface area contributed by atoms with E-state index in [1.807, 2.05) is 6.08 Å². The van der Waals surface area contributed by atoms with Crippen molar-refractivity contribution >= 4 is 13.7 Å². The SMILES string of the molecule is CC/C=C\C/C=C\C/C=C\C/C=C\C/C=C\CCCC(=O)NC(COP(=O)(O)OCCN)C(O)/C=C/CC/C=C/CCCCCCCCCCCCC. The molecule has 0 aromatic rings. The molecule has 304 valence electrons. The number of hydrogen-bond acceptors (Lipinski definition) is 6. The molecule has 0 fully saturated rings. The van der Waals surface area contributed by atoms with Crippen LogP contribution in [-0.4, -0.2) is 47.8 Å². The Balaban J connectivity index is 4.44. The summed E-state index contributed by atoms with van der Waals surface area (Å²) in [7, 11) is -4.37. The van der Waals surface area contributed by atoms with Crippen LogP contribution in [0.15, 0.2) is 85.1 Å². The highest BCUT2D eigenvalue weighted by molar-refractivity contribution is 7.47. The second-order valence-corrected chi connectivity index (χ2v) is 14.9. The fourth-order valence-electron chi connectivity index (χ4n) is 5.36. The molecule has 0 aliphatic rings. The Labute approximate surface area is 324 Å². The van der Waals surface area contributed by atoms with E-state index in [1.165, 1.54) is 70.6 Å². The maximum Gasteiger partial charge on any atom is 0.472 e. The third-order valence-electron chi connectivity index (χ3n) is 8.45. The Morgan fingerprint density at radius 1 is 0.642 bits per heavy atom. The Morgan fingerprint density at radius 2 is 1.11 bits per heavy atom. The van der Waals surface area contributed by atoms with Gasteiger partial charge in [0.1, 0.15) is 0 Å². The summed E-state index contributed by atoms with van der Waals surface area (Å²) in [6, 6.07) is -0.911.